The van der Waals surface area contributed by atoms with Crippen LogP contribution >= 0.6 is 11.6 Å². The molecule has 0 saturated heterocycles. The van der Waals surface area contributed by atoms with Crippen molar-refractivity contribution in [3.05, 3.63) is 63.6 Å². The number of alkyl halides is 3. The number of halogens is 4. The van der Waals surface area contributed by atoms with Crippen molar-refractivity contribution in [1.29, 1.82) is 0 Å². The number of primary amides is 1. The SMILES string of the molecule is COc1cc(C(=O)NC[C@H](c2cc3c(c(-c4ccnc(C(F)(F)F)c4Cl)n2)OC[C@]3(C)C(N)=O)C2CC2)cc(C=NC2CC2)c1N. The van der Waals surface area contributed by atoms with Gasteiger partial charge in [-0.2, -0.15) is 13.2 Å². The maximum atomic E-state index is 13.7. The number of nitrogens with two attached hydrogens (primary N) is 2. The van der Waals surface area contributed by atoms with Crippen molar-refractivity contribution in [3.63, 3.8) is 0 Å². The number of methoxy groups -OCH3 is 1. The lowest BCUT2D eigenvalue weighted by molar-refractivity contribution is -0.141. The summed E-state index contributed by atoms with van der Waals surface area (Å²) in [5.74, 6) is -0.808. The molecular formula is C32H32ClF3N6O4. The van der Waals surface area contributed by atoms with Gasteiger partial charge in [-0.05, 0) is 62.8 Å². The highest BCUT2D eigenvalue weighted by atomic mass is 35.5. The summed E-state index contributed by atoms with van der Waals surface area (Å²) in [6.45, 7) is 1.64. The van der Waals surface area contributed by atoms with Crippen molar-refractivity contribution in [2.24, 2.45) is 16.6 Å². The number of aliphatic imine (C=N–C) groups is 1. The average molecular weight is 657 g/mol. The molecule has 3 aliphatic rings. The highest BCUT2D eigenvalue weighted by Gasteiger charge is 2.46. The molecular weight excluding hydrogens is 625 g/mol. The van der Waals surface area contributed by atoms with E-state index >= 15 is 0 Å². The molecule has 242 valence electrons. The van der Waals surface area contributed by atoms with E-state index in [-0.39, 0.29) is 53.9 Å². The quantitative estimate of drug-likeness (QED) is 0.204. The molecule has 46 heavy (non-hydrogen) atoms. The highest BCUT2D eigenvalue weighted by Crippen LogP contribution is 2.50. The van der Waals surface area contributed by atoms with Crippen LogP contribution in [0.4, 0.5) is 18.9 Å². The molecule has 0 unspecified atom stereocenters. The van der Waals surface area contributed by atoms with Crippen LogP contribution < -0.4 is 26.3 Å². The summed E-state index contributed by atoms with van der Waals surface area (Å²) in [6.07, 6.45) is 1.56. The van der Waals surface area contributed by atoms with Crippen molar-refractivity contribution in [2.45, 2.75) is 56.2 Å². The Kier molecular flexibility index (Phi) is 8.07. The van der Waals surface area contributed by atoms with E-state index in [2.05, 4.69) is 15.3 Å². The smallest absolute Gasteiger partial charge is 0.434 e. The first kappa shape index (κ1) is 31.6. The van der Waals surface area contributed by atoms with Gasteiger partial charge in [0.25, 0.3) is 5.91 Å². The van der Waals surface area contributed by atoms with Crippen molar-refractivity contribution >= 4 is 35.3 Å². The number of pyridine rings is 2. The second kappa shape index (κ2) is 11.8. The molecule has 2 aliphatic carbocycles. The minimum Gasteiger partial charge on any atom is -0.495 e. The Morgan fingerprint density at radius 3 is 2.63 bits per heavy atom. The Balaban J connectivity index is 1.37. The normalized spacial score (nSPS) is 19.9. The van der Waals surface area contributed by atoms with Crippen molar-refractivity contribution < 1.29 is 32.2 Å². The molecule has 2 fully saturated rings. The Bertz CT molecular complexity index is 1760. The summed E-state index contributed by atoms with van der Waals surface area (Å²) in [5.41, 5.74) is 11.6. The van der Waals surface area contributed by atoms with Crippen LogP contribution in [0.3, 0.4) is 0 Å². The van der Waals surface area contributed by atoms with E-state index in [0.717, 1.165) is 31.9 Å². The number of nitrogens with one attached hydrogen (secondary N) is 1. The molecule has 5 N–H and O–H groups in total. The number of amides is 2. The molecule has 1 aromatic carbocycles. The summed E-state index contributed by atoms with van der Waals surface area (Å²) >= 11 is 6.28. The first-order valence-corrected chi connectivity index (χ1v) is 15.2. The Morgan fingerprint density at radius 2 is 2.00 bits per heavy atom. The monoisotopic (exact) mass is 656 g/mol. The predicted molar refractivity (Wildman–Crippen MR) is 165 cm³/mol. The third kappa shape index (κ3) is 5.95. The average Bonchev–Trinajstić information content (AvgIpc) is 3.95. The third-order valence-corrected chi connectivity index (χ3v) is 9.11. The van der Waals surface area contributed by atoms with Gasteiger partial charge in [-0.25, -0.2) is 4.98 Å². The van der Waals surface area contributed by atoms with Gasteiger partial charge in [0.1, 0.15) is 29.2 Å². The van der Waals surface area contributed by atoms with E-state index < -0.39 is 28.2 Å². The van der Waals surface area contributed by atoms with Gasteiger partial charge < -0.3 is 26.3 Å². The second-order valence-electron chi connectivity index (χ2n) is 12.1. The van der Waals surface area contributed by atoms with Gasteiger partial charge in [0.05, 0.1) is 23.9 Å². The summed E-state index contributed by atoms with van der Waals surface area (Å²) in [6, 6.07) is 6.48. The van der Waals surface area contributed by atoms with E-state index in [4.69, 9.17) is 37.5 Å². The molecule has 3 aromatic rings. The fourth-order valence-corrected chi connectivity index (χ4v) is 5.89. The summed E-state index contributed by atoms with van der Waals surface area (Å²) in [4.78, 5) is 38.8. The van der Waals surface area contributed by atoms with E-state index in [1.165, 1.54) is 13.2 Å². The number of ether oxygens (including phenoxy) is 2. The van der Waals surface area contributed by atoms with Gasteiger partial charge in [0.2, 0.25) is 5.91 Å². The van der Waals surface area contributed by atoms with Crippen molar-refractivity contribution in [1.82, 2.24) is 15.3 Å². The van der Waals surface area contributed by atoms with Crippen LogP contribution in [0.2, 0.25) is 5.02 Å². The zero-order valence-electron chi connectivity index (χ0n) is 25.1. The molecule has 3 heterocycles. The zero-order valence-corrected chi connectivity index (χ0v) is 25.8. The number of anilines is 1. The van der Waals surface area contributed by atoms with Crippen LogP contribution in [0.15, 0.2) is 35.5 Å². The van der Waals surface area contributed by atoms with Crippen LogP contribution in [-0.4, -0.2) is 54.3 Å². The number of rotatable bonds is 10. The standard InChI is InChI=1S/C32H32ClF3N6O4/c1-31(30(38)44)14-46-27-21(31)11-22(42-26(27)19-7-8-39-28(24(19)33)32(34,35)36)20(15-3-4-15)13-41-29(43)16-9-17(12-40-18-5-6-18)25(37)23(10-16)45-2/h7-12,15,18,20H,3-6,13-14,37H2,1-2H3,(H2,38,44)(H,41,43)/t20-,31-/m0/s1. The Labute approximate surface area is 267 Å². The minimum atomic E-state index is -4.81. The van der Waals surface area contributed by atoms with Crippen LogP contribution in [0, 0.1) is 5.92 Å². The number of nitrogen functional groups attached to an aromatic ring is 1. The number of carbonyl (C=O) groups excluding carboxylic acids is 2. The first-order chi connectivity index (χ1) is 21.8. The molecule has 2 saturated carbocycles. The number of nitrogens with zero attached hydrogens (tertiary/aromatic N) is 3. The second-order valence-corrected chi connectivity index (χ2v) is 12.5. The fraction of sp³-hybridized carbons (Fsp3) is 0.406. The van der Waals surface area contributed by atoms with Crippen LogP contribution in [0.1, 0.15) is 71.4 Å². The van der Waals surface area contributed by atoms with Gasteiger partial charge in [0, 0.05) is 52.8 Å². The van der Waals surface area contributed by atoms with E-state index in [0.29, 0.717) is 33.8 Å². The molecule has 1 aliphatic heterocycles. The molecule has 6 rings (SSSR count). The fourth-order valence-electron chi connectivity index (χ4n) is 5.58. The molecule has 10 nitrogen and oxygen atoms in total. The van der Waals surface area contributed by atoms with E-state index in [1.54, 1.807) is 31.3 Å². The number of aromatic nitrogens is 2. The number of fused-ring (bicyclic) bond motifs is 1. The van der Waals surface area contributed by atoms with Crippen LogP contribution in [-0.2, 0) is 16.4 Å². The zero-order chi connectivity index (χ0) is 33.0. The number of carbonyl (C=O) groups is 2. The topological polar surface area (TPSA) is 155 Å². The molecule has 0 radical (unpaired) electrons. The van der Waals surface area contributed by atoms with Gasteiger partial charge in [-0.1, -0.05) is 11.6 Å². The highest BCUT2D eigenvalue weighted by molar-refractivity contribution is 6.34. The lowest BCUT2D eigenvalue weighted by Crippen LogP contribution is -2.40. The lowest BCUT2D eigenvalue weighted by atomic mass is 9.82. The summed E-state index contributed by atoms with van der Waals surface area (Å²) in [7, 11) is 1.46. The van der Waals surface area contributed by atoms with Gasteiger partial charge in [-0.3, -0.25) is 19.6 Å². The van der Waals surface area contributed by atoms with Gasteiger partial charge >= 0.3 is 6.18 Å². The predicted octanol–water partition coefficient (Wildman–Crippen LogP) is 5.05. The van der Waals surface area contributed by atoms with Crippen LogP contribution in [0.25, 0.3) is 11.3 Å². The van der Waals surface area contributed by atoms with Gasteiger partial charge in [-0.15, -0.1) is 0 Å². The summed E-state index contributed by atoms with van der Waals surface area (Å²) < 4.78 is 52.5. The number of hydrogen-bond acceptors (Lipinski definition) is 8. The molecule has 2 atom stereocenters. The van der Waals surface area contributed by atoms with Crippen molar-refractivity contribution in [3.8, 4) is 22.8 Å². The Hall–Kier alpha value is -4.39. The molecule has 14 heteroatoms. The Morgan fingerprint density at radius 1 is 1.26 bits per heavy atom. The first-order valence-electron chi connectivity index (χ1n) is 14.8. The minimum absolute atomic E-state index is 0.0372. The van der Waals surface area contributed by atoms with Crippen molar-refractivity contribution in [2.75, 3.05) is 26.0 Å². The maximum Gasteiger partial charge on any atom is 0.434 e. The summed E-state index contributed by atoms with van der Waals surface area (Å²) in [5, 5.41) is 2.33. The van der Waals surface area contributed by atoms with E-state index in [9.17, 15) is 22.8 Å². The molecule has 0 spiro atoms. The third-order valence-electron chi connectivity index (χ3n) is 8.73. The molecule has 2 aromatic heterocycles. The van der Waals surface area contributed by atoms with E-state index in [1.807, 2.05) is 0 Å². The largest absolute Gasteiger partial charge is 0.495 e. The maximum absolute atomic E-state index is 13.7. The number of benzene rings is 1. The van der Waals surface area contributed by atoms with Gasteiger partial charge in [0.15, 0.2) is 5.69 Å². The number of hydrogen-bond donors (Lipinski definition) is 3. The molecule has 2 amide bonds. The van der Waals surface area contributed by atoms with Crippen LogP contribution in [0.5, 0.6) is 11.5 Å². The lowest BCUT2D eigenvalue weighted by Gasteiger charge is -2.23. The molecule has 0 bridgehead atoms.